The van der Waals surface area contributed by atoms with Gasteiger partial charge in [-0.1, -0.05) is 0 Å². The van der Waals surface area contributed by atoms with E-state index < -0.39 is 5.97 Å². The van der Waals surface area contributed by atoms with Gasteiger partial charge in [0.25, 0.3) is 11.8 Å². The number of nitrogens with zero attached hydrogens (tertiary/aromatic N) is 2. The lowest BCUT2D eigenvalue weighted by Crippen LogP contribution is -2.49. The second kappa shape index (κ2) is 10.7. The first-order chi connectivity index (χ1) is 14.5. The molecule has 1 aromatic carbocycles. The number of carbonyl (C=O) groups excluding carboxylic acids is 3. The molecular formula is C21H24FN3O4S. The van der Waals surface area contributed by atoms with E-state index in [4.69, 9.17) is 4.74 Å². The maximum Gasteiger partial charge on any atom is 0.306 e. The fraction of sp³-hybridized carbons (Fsp3) is 0.381. The van der Waals surface area contributed by atoms with Gasteiger partial charge in [-0.3, -0.25) is 14.4 Å². The lowest BCUT2D eigenvalue weighted by Gasteiger charge is -2.36. The standard InChI is InChI=1S/C21H24FN3O4S/c22-17-3-5-18(6-4-17)24-9-11-25(12-10-24)19(26)14-29-20(27)2-1-8-23-21(28)16-7-13-30-15-16/h3-7,13,15H,1-2,8-12,14H2,(H,23,28). The Hall–Kier alpha value is -2.94. The Kier molecular flexibility index (Phi) is 7.78. The lowest BCUT2D eigenvalue weighted by atomic mass is 10.2. The minimum atomic E-state index is -0.460. The van der Waals surface area contributed by atoms with E-state index in [0.29, 0.717) is 44.7 Å². The summed E-state index contributed by atoms with van der Waals surface area (Å²) in [5.74, 6) is -1.13. The monoisotopic (exact) mass is 433 g/mol. The van der Waals surface area contributed by atoms with E-state index in [1.165, 1.54) is 23.5 Å². The third-order valence-electron chi connectivity index (χ3n) is 4.81. The van der Waals surface area contributed by atoms with Gasteiger partial charge in [0, 0.05) is 55.8 Å². The number of esters is 1. The Bertz CT molecular complexity index is 850. The van der Waals surface area contributed by atoms with Crippen molar-refractivity contribution < 1.29 is 23.5 Å². The maximum atomic E-state index is 13.0. The van der Waals surface area contributed by atoms with Crippen molar-refractivity contribution in [2.24, 2.45) is 0 Å². The Balaban J connectivity index is 1.29. The van der Waals surface area contributed by atoms with Crippen molar-refractivity contribution >= 4 is 34.8 Å². The Morgan fingerprint density at radius 3 is 2.47 bits per heavy atom. The zero-order valence-corrected chi connectivity index (χ0v) is 17.3. The molecule has 0 spiro atoms. The summed E-state index contributed by atoms with van der Waals surface area (Å²) in [4.78, 5) is 39.6. The predicted octanol–water partition coefficient (Wildman–Crippen LogP) is 2.29. The number of benzene rings is 1. The van der Waals surface area contributed by atoms with Crippen LogP contribution in [-0.2, 0) is 14.3 Å². The fourth-order valence-electron chi connectivity index (χ4n) is 3.10. The first kappa shape index (κ1) is 21.8. The molecule has 3 rings (SSSR count). The van der Waals surface area contributed by atoms with Gasteiger partial charge in [-0.15, -0.1) is 0 Å². The van der Waals surface area contributed by atoms with Crippen LogP contribution < -0.4 is 10.2 Å². The van der Waals surface area contributed by atoms with Gasteiger partial charge in [0.1, 0.15) is 5.82 Å². The van der Waals surface area contributed by atoms with Gasteiger partial charge in [0.05, 0.1) is 0 Å². The first-order valence-electron chi connectivity index (χ1n) is 9.77. The second-order valence-electron chi connectivity index (χ2n) is 6.88. The summed E-state index contributed by atoms with van der Waals surface area (Å²) in [5.41, 5.74) is 1.52. The van der Waals surface area contributed by atoms with Crippen molar-refractivity contribution in [3.63, 3.8) is 0 Å². The summed E-state index contributed by atoms with van der Waals surface area (Å²) in [7, 11) is 0. The summed E-state index contributed by atoms with van der Waals surface area (Å²) >= 11 is 1.45. The number of rotatable bonds is 8. The van der Waals surface area contributed by atoms with Crippen LogP contribution in [0.3, 0.4) is 0 Å². The van der Waals surface area contributed by atoms with E-state index in [9.17, 15) is 18.8 Å². The van der Waals surface area contributed by atoms with E-state index in [1.54, 1.807) is 28.5 Å². The molecule has 0 radical (unpaired) electrons. The second-order valence-corrected chi connectivity index (χ2v) is 7.66. The topological polar surface area (TPSA) is 78.9 Å². The quantitative estimate of drug-likeness (QED) is 0.511. The number of anilines is 1. The number of halogens is 1. The molecule has 160 valence electrons. The molecule has 2 amide bonds. The van der Waals surface area contributed by atoms with Crippen molar-refractivity contribution in [3.8, 4) is 0 Å². The zero-order chi connectivity index (χ0) is 21.3. The smallest absolute Gasteiger partial charge is 0.306 e. The highest BCUT2D eigenvalue weighted by Crippen LogP contribution is 2.17. The highest BCUT2D eigenvalue weighted by atomic mass is 32.1. The molecule has 2 aromatic rings. The molecule has 0 saturated carbocycles. The van der Waals surface area contributed by atoms with Crippen molar-refractivity contribution in [1.29, 1.82) is 0 Å². The van der Waals surface area contributed by atoms with Crippen LogP contribution in [0.2, 0.25) is 0 Å². The van der Waals surface area contributed by atoms with Crippen LogP contribution in [-0.4, -0.2) is 62.0 Å². The molecular weight excluding hydrogens is 409 g/mol. The molecule has 1 N–H and O–H groups in total. The van der Waals surface area contributed by atoms with Crippen LogP contribution >= 0.6 is 11.3 Å². The van der Waals surface area contributed by atoms with Gasteiger partial charge in [-0.2, -0.15) is 11.3 Å². The van der Waals surface area contributed by atoms with Gasteiger partial charge in [-0.05, 0) is 42.1 Å². The van der Waals surface area contributed by atoms with Crippen LogP contribution in [0.15, 0.2) is 41.1 Å². The van der Waals surface area contributed by atoms with Crippen LogP contribution in [0.25, 0.3) is 0 Å². The number of thiophene rings is 1. The van der Waals surface area contributed by atoms with Gasteiger partial charge in [0.15, 0.2) is 6.61 Å². The summed E-state index contributed by atoms with van der Waals surface area (Å²) in [6, 6.07) is 8.01. The molecule has 0 aliphatic carbocycles. The van der Waals surface area contributed by atoms with Gasteiger partial charge in [-0.25, -0.2) is 4.39 Å². The van der Waals surface area contributed by atoms with Gasteiger partial charge in [0.2, 0.25) is 0 Å². The van der Waals surface area contributed by atoms with Gasteiger partial charge < -0.3 is 19.9 Å². The molecule has 0 atom stereocenters. The molecule has 0 unspecified atom stereocenters. The van der Waals surface area contributed by atoms with E-state index in [-0.39, 0.29) is 30.7 Å². The molecule has 1 aromatic heterocycles. The molecule has 30 heavy (non-hydrogen) atoms. The van der Waals surface area contributed by atoms with Crippen LogP contribution in [0.4, 0.5) is 10.1 Å². The third kappa shape index (κ3) is 6.28. The van der Waals surface area contributed by atoms with Crippen LogP contribution in [0.5, 0.6) is 0 Å². The Labute approximate surface area is 178 Å². The molecule has 0 bridgehead atoms. The number of carbonyl (C=O) groups is 3. The van der Waals surface area contributed by atoms with Crippen molar-refractivity contribution in [2.75, 3.05) is 44.2 Å². The van der Waals surface area contributed by atoms with Gasteiger partial charge >= 0.3 is 5.97 Å². The molecule has 9 heteroatoms. The lowest BCUT2D eigenvalue weighted by molar-refractivity contribution is -0.152. The van der Waals surface area contributed by atoms with E-state index in [1.807, 2.05) is 5.38 Å². The number of amides is 2. The van der Waals surface area contributed by atoms with Crippen molar-refractivity contribution in [3.05, 3.63) is 52.5 Å². The average molecular weight is 434 g/mol. The number of hydrogen-bond donors (Lipinski definition) is 1. The predicted molar refractivity (Wildman–Crippen MR) is 112 cm³/mol. The molecule has 1 aliphatic heterocycles. The maximum absolute atomic E-state index is 13.0. The number of piperazine rings is 1. The highest BCUT2D eigenvalue weighted by Gasteiger charge is 2.22. The average Bonchev–Trinajstić information content (AvgIpc) is 3.31. The van der Waals surface area contributed by atoms with Crippen LogP contribution in [0.1, 0.15) is 23.2 Å². The molecule has 2 heterocycles. The summed E-state index contributed by atoms with van der Waals surface area (Å²) in [5, 5.41) is 6.32. The summed E-state index contributed by atoms with van der Waals surface area (Å²) in [6.45, 7) is 2.38. The Morgan fingerprint density at radius 2 is 1.80 bits per heavy atom. The zero-order valence-electron chi connectivity index (χ0n) is 16.5. The normalized spacial score (nSPS) is 13.8. The highest BCUT2D eigenvalue weighted by molar-refractivity contribution is 7.08. The van der Waals surface area contributed by atoms with E-state index >= 15 is 0 Å². The SMILES string of the molecule is O=C(CCCNC(=O)c1ccsc1)OCC(=O)N1CCN(c2ccc(F)cc2)CC1. The number of ether oxygens (including phenoxy) is 1. The Morgan fingerprint density at radius 1 is 1.07 bits per heavy atom. The third-order valence-corrected chi connectivity index (χ3v) is 5.49. The van der Waals surface area contributed by atoms with E-state index in [2.05, 4.69) is 10.2 Å². The van der Waals surface area contributed by atoms with E-state index in [0.717, 1.165) is 5.69 Å². The van der Waals surface area contributed by atoms with Crippen LogP contribution in [0, 0.1) is 5.82 Å². The molecule has 7 nitrogen and oxygen atoms in total. The number of nitrogens with one attached hydrogen (secondary N) is 1. The largest absolute Gasteiger partial charge is 0.456 e. The first-order valence-corrected chi connectivity index (χ1v) is 10.7. The minimum absolute atomic E-state index is 0.134. The molecule has 1 aliphatic rings. The van der Waals surface area contributed by atoms with Crippen molar-refractivity contribution in [1.82, 2.24) is 10.2 Å². The summed E-state index contributed by atoms with van der Waals surface area (Å²) < 4.78 is 18.1. The molecule has 1 saturated heterocycles. The van der Waals surface area contributed by atoms with Crippen molar-refractivity contribution in [2.45, 2.75) is 12.8 Å². The number of hydrogen-bond acceptors (Lipinski definition) is 6. The summed E-state index contributed by atoms with van der Waals surface area (Å²) in [6.07, 6.45) is 0.578. The fourth-order valence-corrected chi connectivity index (χ4v) is 3.74. The molecule has 1 fully saturated rings. The minimum Gasteiger partial charge on any atom is -0.456 e.